The number of carboxylic acid groups (broad SMARTS) is 2. The van der Waals surface area contributed by atoms with Gasteiger partial charge < -0.3 is 19.8 Å². The van der Waals surface area contributed by atoms with Gasteiger partial charge in [-0.2, -0.15) is 0 Å². The van der Waals surface area contributed by atoms with Gasteiger partial charge in [0, 0.05) is 11.0 Å². The zero-order chi connectivity index (χ0) is 19.3. The summed E-state index contributed by atoms with van der Waals surface area (Å²) in [4.78, 5) is 35.4. The summed E-state index contributed by atoms with van der Waals surface area (Å²) in [7, 11) is 0. The Morgan fingerprint density at radius 1 is 1.27 bits per heavy atom. The largest absolute Gasteiger partial charge is 0.550 e. The highest BCUT2D eigenvalue weighted by Gasteiger charge is 2.37. The Kier molecular flexibility index (Phi) is 6.96. The van der Waals surface area contributed by atoms with Gasteiger partial charge in [0.1, 0.15) is 4.32 Å². The van der Waals surface area contributed by atoms with Crippen molar-refractivity contribution in [2.75, 3.05) is 0 Å². The molecule has 6 nitrogen and oxygen atoms in total. The zero-order valence-electron chi connectivity index (χ0n) is 13.2. The van der Waals surface area contributed by atoms with E-state index in [1.54, 1.807) is 6.08 Å². The summed E-state index contributed by atoms with van der Waals surface area (Å²) in [5.74, 6) is -3.67. The molecule has 136 valence electrons. The third kappa shape index (κ3) is 5.17. The molecule has 0 saturated carbocycles. The molecular weight excluding hydrogens is 398 g/mol. The van der Waals surface area contributed by atoms with Gasteiger partial charge in [0.15, 0.2) is 0 Å². The highest BCUT2D eigenvalue weighted by molar-refractivity contribution is 8.26. The molecule has 1 aromatic rings. The van der Waals surface area contributed by atoms with Crippen LogP contribution in [0.25, 0.3) is 6.08 Å². The summed E-state index contributed by atoms with van der Waals surface area (Å²) in [6.45, 7) is 0. The van der Waals surface area contributed by atoms with E-state index in [0.29, 0.717) is 0 Å². The molecule has 0 unspecified atom stereocenters. The SMILES string of the molecule is O=C([O-])CC[C@@H](C(=O)[O-])N1C(=O)/C(=C/C(Cl)=C/c2ccccc2)SC1=S. The second-order valence-corrected chi connectivity index (χ2v) is 7.35. The standard InChI is InChI=1S/C17H14ClNO5S2/c18-11(8-10-4-2-1-3-5-10)9-13-15(22)19(17(25)26-13)12(16(23)24)6-7-14(20)21/h1-5,8-9,12H,6-7H2,(H,20,21)(H,23,24)/p-2/b11-8-,13-9-/t12-/m0/s1. The number of halogens is 1. The van der Waals surface area contributed by atoms with Gasteiger partial charge in [-0.05, 0) is 30.6 Å². The van der Waals surface area contributed by atoms with Gasteiger partial charge in [0.25, 0.3) is 5.91 Å². The van der Waals surface area contributed by atoms with Crippen LogP contribution in [0.2, 0.25) is 0 Å². The molecule has 1 saturated heterocycles. The Balaban J connectivity index is 2.22. The summed E-state index contributed by atoms with van der Waals surface area (Å²) in [5, 5.41) is 22.2. The number of amides is 1. The lowest BCUT2D eigenvalue weighted by Crippen LogP contribution is -2.50. The molecule has 1 aliphatic heterocycles. The molecule has 1 fully saturated rings. The summed E-state index contributed by atoms with van der Waals surface area (Å²) in [5.41, 5.74) is 0.825. The van der Waals surface area contributed by atoms with Crippen LogP contribution in [0.3, 0.4) is 0 Å². The second-order valence-electron chi connectivity index (χ2n) is 5.24. The number of rotatable bonds is 7. The number of allylic oxidation sites excluding steroid dienone is 2. The van der Waals surface area contributed by atoms with E-state index in [0.717, 1.165) is 22.2 Å². The van der Waals surface area contributed by atoms with Crippen molar-refractivity contribution in [1.29, 1.82) is 0 Å². The monoisotopic (exact) mass is 409 g/mol. The van der Waals surface area contributed by atoms with Crippen LogP contribution in [0.4, 0.5) is 0 Å². The smallest absolute Gasteiger partial charge is 0.266 e. The lowest BCUT2D eigenvalue weighted by molar-refractivity contribution is -0.311. The van der Waals surface area contributed by atoms with Crippen molar-refractivity contribution in [3.8, 4) is 0 Å². The summed E-state index contributed by atoms with van der Waals surface area (Å²) < 4.78 is -0.00187. The van der Waals surface area contributed by atoms with Crippen LogP contribution in [-0.2, 0) is 14.4 Å². The molecule has 0 N–H and O–H groups in total. The number of aliphatic carboxylic acids is 2. The first kappa shape index (κ1) is 20.2. The van der Waals surface area contributed by atoms with Crippen molar-refractivity contribution in [1.82, 2.24) is 4.90 Å². The molecular formula is C17H12ClNO5S2-2. The molecule has 1 aromatic carbocycles. The minimum Gasteiger partial charge on any atom is -0.550 e. The van der Waals surface area contributed by atoms with Gasteiger partial charge in [-0.1, -0.05) is 65.9 Å². The molecule has 1 amide bonds. The van der Waals surface area contributed by atoms with Gasteiger partial charge in [0.2, 0.25) is 0 Å². The molecule has 0 spiro atoms. The lowest BCUT2D eigenvalue weighted by Gasteiger charge is -2.27. The molecule has 26 heavy (non-hydrogen) atoms. The molecule has 0 radical (unpaired) electrons. The summed E-state index contributed by atoms with van der Waals surface area (Å²) >= 11 is 12.1. The van der Waals surface area contributed by atoms with E-state index in [9.17, 15) is 24.6 Å². The van der Waals surface area contributed by atoms with Crippen LogP contribution < -0.4 is 10.2 Å². The average molecular weight is 410 g/mol. The number of hydrogen-bond acceptors (Lipinski definition) is 7. The Labute approximate surface area is 164 Å². The quantitative estimate of drug-likeness (QED) is 0.481. The van der Waals surface area contributed by atoms with Gasteiger partial charge >= 0.3 is 0 Å². The second kappa shape index (κ2) is 8.98. The normalized spacial score (nSPS) is 17.7. The Bertz CT molecular complexity index is 807. The third-order valence-corrected chi connectivity index (χ3v) is 4.95. The maximum Gasteiger partial charge on any atom is 0.266 e. The fourth-order valence-electron chi connectivity index (χ4n) is 2.23. The van der Waals surface area contributed by atoms with Crippen molar-refractivity contribution in [2.24, 2.45) is 0 Å². The molecule has 1 atom stereocenters. The van der Waals surface area contributed by atoms with Crippen LogP contribution in [0, 0.1) is 0 Å². The molecule has 0 aliphatic carbocycles. The Morgan fingerprint density at radius 3 is 2.50 bits per heavy atom. The minimum absolute atomic E-state index is 0.00187. The summed E-state index contributed by atoms with van der Waals surface area (Å²) in [6.07, 6.45) is 2.13. The predicted molar refractivity (Wildman–Crippen MR) is 98.4 cm³/mol. The van der Waals surface area contributed by atoms with Gasteiger partial charge in [0.05, 0.1) is 16.9 Å². The van der Waals surface area contributed by atoms with Crippen LogP contribution in [0.5, 0.6) is 0 Å². The number of carbonyl (C=O) groups excluding carboxylic acids is 3. The third-order valence-electron chi connectivity index (χ3n) is 3.40. The van der Waals surface area contributed by atoms with E-state index in [1.807, 2.05) is 30.3 Å². The molecule has 2 rings (SSSR count). The number of thioether (sulfide) groups is 1. The average Bonchev–Trinajstić information content (AvgIpc) is 2.83. The number of thiocarbonyl (C=S) groups is 1. The Hall–Kier alpha value is -2.16. The highest BCUT2D eigenvalue weighted by atomic mass is 35.5. The van der Waals surface area contributed by atoms with E-state index in [1.165, 1.54) is 6.08 Å². The molecule has 9 heteroatoms. The number of hydrogen-bond donors (Lipinski definition) is 0. The lowest BCUT2D eigenvalue weighted by atomic mass is 10.1. The molecule has 0 aromatic heterocycles. The van der Waals surface area contributed by atoms with Crippen LogP contribution in [0.1, 0.15) is 18.4 Å². The fraction of sp³-hybridized carbons (Fsp3) is 0.176. The number of benzene rings is 1. The van der Waals surface area contributed by atoms with E-state index in [-0.39, 0.29) is 20.7 Å². The van der Waals surface area contributed by atoms with Crippen molar-refractivity contribution in [2.45, 2.75) is 18.9 Å². The zero-order valence-corrected chi connectivity index (χ0v) is 15.6. The highest BCUT2D eigenvalue weighted by Crippen LogP contribution is 2.34. The van der Waals surface area contributed by atoms with Crippen molar-refractivity contribution in [3.05, 3.63) is 51.9 Å². The van der Waals surface area contributed by atoms with E-state index < -0.39 is 30.3 Å². The molecule has 1 aliphatic rings. The van der Waals surface area contributed by atoms with Crippen LogP contribution >= 0.6 is 35.6 Å². The maximum absolute atomic E-state index is 12.5. The first-order valence-corrected chi connectivity index (χ1v) is 9.00. The van der Waals surface area contributed by atoms with Crippen LogP contribution in [0.15, 0.2) is 46.3 Å². The molecule has 0 bridgehead atoms. The van der Waals surface area contributed by atoms with Gasteiger partial charge in [-0.3, -0.25) is 9.69 Å². The van der Waals surface area contributed by atoms with E-state index >= 15 is 0 Å². The van der Waals surface area contributed by atoms with Crippen molar-refractivity contribution < 1.29 is 24.6 Å². The van der Waals surface area contributed by atoms with Gasteiger partial charge in [-0.15, -0.1) is 0 Å². The van der Waals surface area contributed by atoms with E-state index in [4.69, 9.17) is 23.8 Å². The van der Waals surface area contributed by atoms with Crippen molar-refractivity contribution in [3.63, 3.8) is 0 Å². The number of carbonyl (C=O) groups is 3. The topological polar surface area (TPSA) is 101 Å². The van der Waals surface area contributed by atoms with Crippen LogP contribution in [-0.4, -0.2) is 33.1 Å². The maximum atomic E-state index is 12.5. The molecule has 1 heterocycles. The minimum atomic E-state index is -1.59. The van der Waals surface area contributed by atoms with Gasteiger partial charge in [-0.25, -0.2) is 0 Å². The summed E-state index contributed by atoms with van der Waals surface area (Å²) in [6, 6.07) is 7.68. The first-order valence-electron chi connectivity index (χ1n) is 7.39. The van der Waals surface area contributed by atoms with Crippen molar-refractivity contribution >= 4 is 63.8 Å². The number of nitrogens with zero attached hydrogens (tertiary/aromatic N) is 1. The fourth-order valence-corrected chi connectivity index (χ4v) is 3.88. The van der Waals surface area contributed by atoms with E-state index in [2.05, 4.69) is 0 Å². The Morgan fingerprint density at radius 2 is 1.92 bits per heavy atom. The predicted octanol–water partition coefficient (Wildman–Crippen LogP) is 0.659. The first-order chi connectivity index (χ1) is 12.3. The number of carboxylic acids is 2.